The summed E-state index contributed by atoms with van der Waals surface area (Å²) in [5.74, 6) is -0.820. The van der Waals surface area contributed by atoms with Crippen LogP contribution in [0.1, 0.15) is 43.5 Å². The van der Waals surface area contributed by atoms with E-state index >= 15 is 0 Å². The Morgan fingerprint density at radius 3 is 2.83 bits per heavy atom. The minimum Gasteiger partial charge on any atom is -0.349 e. The van der Waals surface area contributed by atoms with Gasteiger partial charge >= 0.3 is 0 Å². The number of carbonyl (C=O) groups excluding carboxylic acids is 1. The molecule has 1 aromatic rings. The van der Waals surface area contributed by atoms with E-state index in [1.54, 1.807) is 12.1 Å². The summed E-state index contributed by atoms with van der Waals surface area (Å²) < 4.78 is 14.1. The molecule has 1 aromatic carbocycles. The van der Waals surface area contributed by atoms with Gasteiger partial charge in [0.05, 0.1) is 10.0 Å². The molecule has 0 aromatic heterocycles. The Morgan fingerprint density at radius 1 is 1.50 bits per heavy atom. The molecule has 2 nitrogen and oxygen atoms in total. The third kappa shape index (κ3) is 2.58. The standard InChI is InChI=1S/C14H17BrFNO/c1-14(2)8-4-7-11(14)17-13(18)9-5-3-6-10(15)12(9)16/h3,5-6,11H,4,7-8H2,1-2H3,(H,17,18). The zero-order valence-corrected chi connectivity index (χ0v) is 12.2. The second-order valence-electron chi connectivity index (χ2n) is 5.51. The Bertz CT molecular complexity index is 473. The first-order chi connectivity index (χ1) is 8.42. The van der Waals surface area contributed by atoms with Crippen LogP contribution in [0.15, 0.2) is 22.7 Å². The summed E-state index contributed by atoms with van der Waals surface area (Å²) in [5.41, 5.74) is 0.199. The van der Waals surface area contributed by atoms with Gasteiger partial charge in [0, 0.05) is 6.04 Å². The van der Waals surface area contributed by atoms with Crippen molar-refractivity contribution < 1.29 is 9.18 Å². The van der Waals surface area contributed by atoms with Crippen molar-refractivity contribution in [2.75, 3.05) is 0 Å². The second-order valence-corrected chi connectivity index (χ2v) is 6.36. The van der Waals surface area contributed by atoms with Crippen molar-refractivity contribution in [2.24, 2.45) is 5.41 Å². The highest BCUT2D eigenvalue weighted by molar-refractivity contribution is 9.10. The first kappa shape index (κ1) is 13.5. The van der Waals surface area contributed by atoms with Crippen molar-refractivity contribution >= 4 is 21.8 Å². The molecule has 1 amide bonds. The Hall–Kier alpha value is -0.900. The molecule has 1 atom stereocenters. The number of benzene rings is 1. The first-order valence-electron chi connectivity index (χ1n) is 6.17. The lowest BCUT2D eigenvalue weighted by molar-refractivity contribution is 0.0905. The summed E-state index contributed by atoms with van der Waals surface area (Å²) >= 11 is 3.09. The molecule has 98 valence electrons. The van der Waals surface area contributed by atoms with Crippen LogP contribution in [0.3, 0.4) is 0 Å². The van der Waals surface area contributed by atoms with Gasteiger partial charge in [0.25, 0.3) is 5.91 Å². The minimum absolute atomic E-state index is 0.0954. The van der Waals surface area contributed by atoms with Crippen LogP contribution >= 0.6 is 15.9 Å². The zero-order valence-electron chi connectivity index (χ0n) is 10.6. The predicted octanol–water partition coefficient (Wildman–Crippen LogP) is 3.90. The van der Waals surface area contributed by atoms with Gasteiger partial charge in [0.1, 0.15) is 5.82 Å². The van der Waals surface area contributed by atoms with Crippen LogP contribution in [-0.4, -0.2) is 11.9 Å². The minimum atomic E-state index is -0.495. The molecule has 0 heterocycles. The highest BCUT2D eigenvalue weighted by atomic mass is 79.9. The molecule has 1 fully saturated rings. The summed E-state index contributed by atoms with van der Waals surface area (Å²) in [4.78, 5) is 12.1. The molecule has 18 heavy (non-hydrogen) atoms. The lowest BCUT2D eigenvalue weighted by atomic mass is 9.87. The maximum absolute atomic E-state index is 13.8. The fourth-order valence-electron chi connectivity index (χ4n) is 2.51. The van der Waals surface area contributed by atoms with E-state index in [-0.39, 0.29) is 22.9 Å². The van der Waals surface area contributed by atoms with Crippen molar-refractivity contribution in [2.45, 2.75) is 39.2 Å². The molecule has 4 heteroatoms. The predicted molar refractivity (Wildman–Crippen MR) is 73.0 cm³/mol. The SMILES string of the molecule is CC1(C)CCCC1NC(=O)c1cccc(Br)c1F. The van der Waals surface area contributed by atoms with Crippen molar-refractivity contribution in [1.29, 1.82) is 0 Å². The Balaban J connectivity index is 2.15. The molecule has 0 aliphatic heterocycles. The number of hydrogen-bond donors (Lipinski definition) is 1. The normalized spacial score (nSPS) is 21.9. The number of carbonyl (C=O) groups is 1. The maximum atomic E-state index is 13.8. The van der Waals surface area contributed by atoms with Crippen molar-refractivity contribution in [3.8, 4) is 0 Å². The summed E-state index contributed by atoms with van der Waals surface area (Å²) in [7, 11) is 0. The summed E-state index contributed by atoms with van der Waals surface area (Å²) in [6.07, 6.45) is 3.17. The molecule has 1 aliphatic carbocycles. The Labute approximate surface area is 115 Å². The molecule has 0 spiro atoms. The van der Waals surface area contributed by atoms with E-state index in [1.165, 1.54) is 6.07 Å². The largest absolute Gasteiger partial charge is 0.349 e. The van der Waals surface area contributed by atoms with Crippen LogP contribution in [-0.2, 0) is 0 Å². The van der Waals surface area contributed by atoms with Crippen LogP contribution in [0.2, 0.25) is 0 Å². The number of hydrogen-bond acceptors (Lipinski definition) is 1. The zero-order chi connectivity index (χ0) is 13.3. The van der Waals surface area contributed by atoms with E-state index in [1.807, 2.05) is 0 Å². The van der Waals surface area contributed by atoms with Gasteiger partial charge in [-0.1, -0.05) is 26.3 Å². The number of rotatable bonds is 2. The van der Waals surface area contributed by atoms with Gasteiger partial charge in [-0.25, -0.2) is 4.39 Å². The maximum Gasteiger partial charge on any atom is 0.254 e. The van der Waals surface area contributed by atoms with E-state index in [9.17, 15) is 9.18 Å². The quantitative estimate of drug-likeness (QED) is 0.881. The second kappa shape index (κ2) is 5.00. The molecular formula is C14H17BrFNO. The number of amides is 1. The van der Waals surface area contributed by atoms with Crippen LogP contribution in [0.25, 0.3) is 0 Å². The Kier molecular flexibility index (Phi) is 3.76. The van der Waals surface area contributed by atoms with E-state index < -0.39 is 5.82 Å². The molecule has 2 rings (SSSR count). The highest BCUT2D eigenvalue weighted by Gasteiger charge is 2.35. The van der Waals surface area contributed by atoms with Gasteiger partial charge in [0.2, 0.25) is 0 Å². The van der Waals surface area contributed by atoms with Gasteiger partial charge in [-0.3, -0.25) is 4.79 Å². The summed E-state index contributed by atoms with van der Waals surface area (Å²) in [6.45, 7) is 4.28. The average Bonchev–Trinajstić information content (AvgIpc) is 2.62. The fraction of sp³-hybridized carbons (Fsp3) is 0.500. The van der Waals surface area contributed by atoms with Gasteiger partial charge in [-0.15, -0.1) is 0 Å². The lowest BCUT2D eigenvalue weighted by Gasteiger charge is -2.27. The third-order valence-electron chi connectivity index (χ3n) is 3.76. The fourth-order valence-corrected chi connectivity index (χ4v) is 2.88. The van der Waals surface area contributed by atoms with Gasteiger partial charge in [0.15, 0.2) is 0 Å². The van der Waals surface area contributed by atoms with Crippen molar-refractivity contribution in [3.05, 3.63) is 34.1 Å². The van der Waals surface area contributed by atoms with Crippen LogP contribution in [0.4, 0.5) is 4.39 Å². The smallest absolute Gasteiger partial charge is 0.254 e. The van der Waals surface area contributed by atoms with Crippen LogP contribution < -0.4 is 5.32 Å². The first-order valence-corrected chi connectivity index (χ1v) is 6.96. The topological polar surface area (TPSA) is 29.1 Å². The van der Waals surface area contributed by atoms with Gasteiger partial charge in [-0.2, -0.15) is 0 Å². The molecular weight excluding hydrogens is 297 g/mol. The molecule has 1 saturated carbocycles. The number of nitrogens with one attached hydrogen (secondary N) is 1. The van der Waals surface area contributed by atoms with Gasteiger partial charge < -0.3 is 5.32 Å². The average molecular weight is 314 g/mol. The van der Waals surface area contributed by atoms with Crippen molar-refractivity contribution in [3.63, 3.8) is 0 Å². The molecule has 1 aliphatic rings. The molecule has 1 N–H and O–H groups in total. The Morgan fingerprint density at radius 2 is 2.22 bits per heavy atom. The van der Waals surface area contributed by atoms with E-state index in [0.717, 1.165) is 19.3 Å². The highest BCUT2D eigenvalue weighted by Crippen LogP contribution is 2.37. The van der Waals surface area contributed by atoms with E-state index in [4.69, 9.17) is 0 Å². The van der Waals surface area contributed by atoms with Crippen molar-refractivity contribution in [1.82, 2.24) is 5.32 Å². The van der Waals surface area contributed by atoms with Crippen LogP contribution in [0, 0.1) is 11.2 Å². The molecule has 0 bridgehead atoms. The van der Waals surface area contributed by atoms with E-state index in [2.05, 4.69) is 35.1 Å². The van der Waals surface area contributed by atoms with E-state index in [0.29, 0.717) is 4.47 Å². The molecule has 0 saturated heterocycles. The third-order valence-corrected chi connectivity index (χ3v) is 4.37. The summed E-state index contributed by atoms with van der Waals surface area (Å²) in [5, 5.41) is 2.95. The van der Waals surface area contributed by atoms with Gasteiger partial charge in [-0.05, 0) is 46.3 Å². The monoisotopic (exact) mass is 313 g/mol. The molecule has 1 unspecified atom stereocenters. The lowest BCUT2D eigenvalue weighted by Crippen LogP contribution is -2.41. The summed E-state index contributed by atoms with van der Waals surface area (Å²) in [6, 6.07) is 4.90. The molecule has 0 radical (unpaired) electrons. The van der Waals surface area contributed by atoms with Crippen LogP contribution in [0.5, 0.6) is 0 Å². The number of halogens is 2.